The Morgan fingerprint density at radius 1 is 1.06 bits per heavy atom. The van der Waals surface area contributed by atoms with Crippen molar-refractivity contribution in [3.05, 3.63) is 53.6 Å². The predicted molar refractivity (Wildman–Crippen MR) is 118 cm³/mol. The highest BCUT2D eigenvalue weighted by molar-refractivity contribution is 7.89. The summed E-state index contributed by atoms with van der Waals surface area (Å²) in [5.74, 6) is 0.0114. The number of piperidine rings is 1. The number of benzene rings is 2. The van der Waals surface area contributed by atoms with Crippen molar-refractivity contribution in [2.75, 3.05) is 26.5 Å². The smallest absolute Gasteiger partial charge is 0.338 e. The fraction of sp³-hybridized carbons (Fsp3) is 0.391. The molecule has 2 aromatic rings. The summed E-state index contributed by atoms with van der Waals surface area (Å²) in [6, 6.07) is 10.7. The Morgan fingerprint density at radius 2 is 1.82 bits per heavy atom. The van der Waals surface area contributed by atoms with Crippen LogP contribution in [0.25, 0.3) is 0 Å². The maximum Gasteiger partial charge on any atom is 0.338 e. The minimum Gasteiger partial charge on any atom is -0.454 e. The van der Waals surface area contributed by atoms with Gasteiger partial charge in [-0.2, -0.15) is 4.31 Å². The number of ether oxygens (including phenoxy) is 3. The Labute approximate surface area is 192 Å². The van der Waals surface area contributed by atoms with E-state index in [1.165, 1.54) is 28.6 Å². The number of sulfonamides is 1. The summed E-state index contributed by atoms with van der Waals surface area (Å²) >= 11 is 0. The van der Waals surface area contributed by atoms with Crippen molar-refractivity contribution in [2.45, 2.75) is 37.1 Å². The monoisotopic (exact) mass is 474 g/mol. The summed E-state index contributed by atoms with van der Waals surface area (Å²) in [6.07, 6.45) is 2.65. The lowest BCUT2D eigenvalue weighted by atomic mass is 10.1. The predicted octanol–water partition coefficient (Wildman–Crippen LogP) is 2.62. The number of nitrogens with one attached hydrogen (secondary N) is 1. The lowest BCUT2D eigenvalue weighted by molar-refractivity contribution is -0.124. The summed E-state index contributed by atoms with van der Waals surface area (Å²) in [4.78, 5) is 24.8. The summed E-state index contributed by atoms with van der Waals surface area (Å²) in [5, 5.41) is 2.76. The van der Waals surface area contributed by atoms with Gasteiger partial charge in [0.1, 0.15) is 0 Å². The van der Waals surface area contributed by atoms with E-state index in [-0.39, 0.29) is 23.3 Å². The molecule has 1 N–H and O–H groups in total. The molecule has 0 spiro atoms. The minimum absolute atomic E-state index is 0.0414. The SMILES string of the molecule is CC(NC(=O)COC(=O)c1cccc(S(=O)(=O)N2CCCCC2)c1)c1ccc2c(c1)OCO2. The van der Waals surface area contributed by atoms with Gasteiger partial charge in [-0.25, -0.2) is 13.2 Å². The molecular weight excluding hydrogens is 448 g/mol. The van der Waals surface area contributed by atoms with Crippen LogP contribution in [-0.4, -0.2) is 51.1 Å². The first-order chi connectivity index (χ1) is 15.8. The number of esters is 1. The van der Waals surface area contributed by atoms with Crippen molar-refractivity contribution in [3.8, 4) is 11.5 Å². The van der Waals surface area contributed by atoms with E-state index in [0.29, 0.717) is 24.6 Å². The first-order valence-corrected chi connectivity index (χ1v) is 12.2. The summed E-state index contributed by atoms with van der Waals surface area (Å²) in [6.45, 7) is 2.41. The first-order valence-electron chi connectivity index (χ1n) is 10.8. The number of carbonyl (C=O) groups excluding carboxylic acids is 2. The fourth-order valence-corrected chi connectivity index (χ4v) is 5.36. The molecule has 1 atom stereocenters. The largest absolute Gasteiger partial charge is 0.454 e. The van der Waals surface area contributed by atoms with Crippen LogP contribution in [0.5, 0.6) is 11.5 Å². The molecule has 9 nitrogen and oxygen atoms in total. The van der Waals surface area contributed by atoms with Crippen molar-refractivity contribution in [1.82, 2.24) is 9.62 Å². The highest BCUT2D eigenvalue weighted by Crippen LogP contribution is 2.34. The van der Waals surface area contributed by atoms with E-state index in [1.54, 1.807) is 19.1 Å². The molecule has 1 saturated heterocycles. The normalized spacial score (nSPS) is 16.8. The maximum atomic E-state index is 12.8. The number of hydrogen-bond acceptors (Lipinski definition) is 7. The van der Waals surface area contributed by atoms with Gasteiger partial charge in [0, 0.05) is 13.1 Å². The summed E-state index contributed by atoms with van der Waals surface area (Å²) in [5.41, 5.74) is 0.888. The van der Waals surface area contributed by atoms with Gasteiger partial charge in [0.05, 0.1) is 16.5 Å². The Kier molecular flexibility index (Phi) is 6.85. The summed E-state index contributed by atoms with van der Waals surface area (Å²) < 4.78 is 42.9. The molecule has 2 aliphatic heterocycles. The van der Waals surface area contributed by atoms with E-state index in [1.807, 2.05) is 6.07 Å². The van der Waals surface area contributed by atoms with Gasteiger partial charge >= 0.3 is 5.97 Å². The Hall–Kier alpha value is -3.11. The Morgan fingerprint density at radius 3 is 2.61 bits per heavy atom. The molecule has 1 unspecified atom stereocenters. The van der Waals surface area contributed by atoms with Crippen LogP contribution in [0.4, 0.5) is 0 Å². The molecule has 4 rings (SSSR count). The maximum absolute atomic E-state index is 12.8. The van der Waals surface area contributed by atoms with Crippen LogP contribution in [0, 0.1) is 0 Å². The molecule has 1 fully saturated rings. The van der Waals surface area contributed by atoms with E-state index in [4.69, 9.17) is 14.2 Å². The third kappa shape index (κ3) is 5.28. The zero-order chi connectivity index (χ0) is 23.4. The van der Waals surface area contributed by atoms with Crippen LogP contribution < -0.4 is 14.8 Å². The minimum atomic E-state index is -3.67. The number of amides is 1. The van der Waals surface area contributed by atoms with Crippen LogP contribution >= 0.6 is 0 Å². The summed E-state index contributed by atoms with van der Waals surface area (Å²) in [7, 11) is -3.67. The first kappa shape index (κ1) is 23.1. The molecule has 33 heavy (non-hydrogen) atoms. The molecule has 176 valence electrons. The number of fused-ring (bicyclic) bond motifs is 1. The second kappa shape index (κ2) is 9.80. The van der Waals surface area contributed by atoms with E-state index in [9.17, 15) is 18.0 Å². The van der Waals surface area contributed by atoms with Crippen LogP contribution in [-0.2, 0) is 19.6 Å². The average Bonchev–Trinajstić information content (AvgIpc) is 3.31. The fourth-order valence-electron chi connectivity index (χ4n) is 3.80. The van der Waals surface area contributed by atoms with Gasteiger partial charge < -0.3 is 19.5 Å². The molecule has 10 heteroatoms. The van der Waals surface area contributed by atoms with E-state index < -0.39 is 28.5 Å². The lowest BCUT2D eigenvalue weighted by Crippen LogP contribution is -2.35. The van der Waals surface area contributed by atoms with Crippen LogP contribution in [0.3, 0.4) is 0 Å². The van der Waals surface area contributed by atoms with Crippen LogP contribution in [0.1, 0.15) is 48.1 Å². The second-order valence-corrected chi connectivity index (χ2v) is 9.91. The lowest BCUT2D eigenvalue weighted by Gasteiger charge is -2.25. The van der Waals surface area contributed by atoms with E-state index in [2.05, 4.69) is 5.32 Å². The zero-order valence-corrected chi connectivity index (χ0v) is 19.1. The van der Waals surface area contributed by atoms with Gasteiger partial charge in [-0.1, -0.05) is 18.6 Å². The Bertz CT molecular complexity index is 1140. The number of carbonyl (C=O) groups is 2. The van der Waals surface area contributed by atoms with Gasteiger partial charge in [-0.05, 0) is 55.7 Å². The molecule has 2 aromatic carbocycles. The van der Waals surface area contributed by atoms with E-state index in [0.717, 1.165) is 24.8 Å². The molecule has 0 saturated carbocycles. The molecular formula is C23H26N2O7S. The zero-order valence-electron chi connectivity index (χ0n) is 18.3. The molecule has 2 heterocycles. The van der Waals surface area contributed by atoms with E-state index >= 15 is 0 Å². The molecule has 0 radical (unpaired) electrons. The topological polar surface area (TPSA) is 111 Å². The number of hydrogen-bond donors (Lipinski definition) is 1. The standard InChI is InChI=1S/C23H26N2O7S/c1-16(17-8-9-20-21(13-17)32-15-31-20)24-22(26)14-30-23(27)18-6-5-7-19(12-18)33(28,29)25-10-3-2-4-11-25/h5-9,12-13,16H,2-4,10-11,14-15H2,1H3,(H,24,26). The van der Waals surface area contributed by atoms with Crippen LogP contribution in [0.15, 0.2) is 47.4 Å². The van der Waals surface area contributed by atoms with Crippen LogP contribution in [0.2, 0.25) is 0 Å². The Balaban J connectivity index is 1.34. The second-order valence-electron chi connectivity index (χ2n) is 7.97. The average molecular weight is 475 g/mol. The van der Waals surface area contributed by atoms with Crippen molar-refractivity contribution in [3.63, 3.8) is 0 Å². The van der Waals surface area contributed by atoms with Crippen molar-refractivity contribution in [2.24, 2.45) is 0 Å². The van der Waals surface area contributed by atoms with Crippen molar-refractivity contribution >= 4 is 21.9 Å². The van der Waals surface area contributed by atoms with Crippen molar-refractivity contribution in [1.29, 1.82) is 0 Å². The highest BCUT2D eigenvalue weighted by Gasteiger charge is 2.27. The van der Waals surface area contributed by atoms with Crippen molar-refractivity contribution < 1.29 is 32.2 Å². The molecule has 0 bridgehead atoms. The number of rotatable bonds is 7. The van der Waals surface area contributed by atoms with Gasteiger partial charge in [0.15, 0.2) is 18.1 Å². The molecule has 0 aromatic heterocycles. The quantitative estimate of drug-likeness (QED) is 0.614. The third-order valence-corrected chi connectivity index (χ3v) is 7.53. The van der Waals surface area contributed by atoms with Gasteiger partial charge in [-0.3, -0.25) is 4.79 Å². The molecule has 1 amide bonds. The molecule has 0 aliphatic carbocycles. The molecule has 2 aliphatic rings. The third-order valence-electron chi connectivity index (χ3n) is 5.63. The number of nitrogens with zero attached hydrogens (tertiary/aromatic N) is 1. The van der Waals surface area contributed by atoms with Gasteiger partial charge in [0.25, 0.3) is 5.91 Å². The van der Waals surface area contributed by atoms with Gasteiger partial charge in [0.2, 0.25) is 16.8 Å². The van der Waals surface area contributed by atoms with Gasteiger partial charge in [-0.15, -0.1) is 0 Å². The highest BCUT2D eigenvalue weighted by atomic mass is 32.2.